The summed E-state index contributed by atoms with van der Waals surface area (Å²) in [6.07, 6.45) is 1.85. The van der Waals surface area contributed by atoms with Gasteiger partial charge in [0.15, 0.2) is 0 Å². The highest BCUT2D eigenvalue weighted by molar-refractivity contribution is 7.86. The summed E-state index contributed by atoms with van der Waals surface area (Å²) in [5.41, 5.74) is 0. The summed E-state index contributed by atoms with van der Waals surface area (Å²) >= 11 is 0. The quantitative estimate of drug-likeness (QED) is 0.556. The molecule has 108 valence electrons. The van der Waals surface area contributed by atoms with Gasteiger partial charge in [-0.15, -0.1) is 0 Å². The van der Waals surface area contributed by atoms with Gasteiger partial charge >= 0.3 is 5.97 Å². The van der Waals surface area contributed by atoms with Crippen LogP contribution in [0, 0.1) is 0 Å². The van der Waals surface area contributed by atoms with Crippen molar-refractivity contribution >= 4 is 28.6 Å². The van der Waals surface area contributed by atoms with E-state index < -0.39 is 34.0 Å². The van der Waals surface area contributed by atoms with Crippen LogP contribution in [-0.4, -0.2) is 50.2 Å². The monoisotopic (exact) mass is 290 g/mol. The molecule has 0 aliphatic heterocycles. The zero-order valence-corrected chi connectivity index (χ0v) is 11.7. The third-order valence-corrected chi connectivity index (χ3v) is 4.36. The Morgan fingerprint density at radius 2 is 1.95 bits per heavy atom. The van der Waals surface area contributed by atoms with E-state index >= 15 is 0 Å². The molecule has 7 nitrogen and oxygen atoms in total. The van der Waals surface area contributed by atoms with Crippen molar-refractivity contribution in [1.29, 1.82) is 0 Å². The summed E-state index contributed by atoms with van der Waals surface area (Å²) in [6.45, 7) is 2.67. The smallest absolute Gasteiger partial charge is 0.327 e. The van der Waals surface area contributed by atoms with Crippen molar-refractivity contribution in [1.82, 2.24) is 10.6 Å². The maximum absolute atomic E-state index is 11.9. The molecule has 3 atom stereocenters. The van der Waals surface area contributed by atoms with Gasteiger partial charge in [0, 0.05) is 23.8 Å². The average molecular weight is 290 g/mol. The predicted octanol–water partition coefficient (Wildman–Crippen LogP) is -1.01. The van der Waals surface area contributed by atoms with Crippen LogP contribution >= 0.6 is 0 Å². The molecule has 1 saturated carbocycles. The lowest BCUT2D eigenvalue weighted by Gasteiger charge is -2.16. The van der Waals surface area contributed by atoms with E-state index in [1.54, 1.807) is 0 Å². The Labute approximate surface area is 113 Å². The zero-order valence-electron chi connectivity index (χ0n) is 10.8. The Kier molecular flexibility index (Phi) is 5.46. The average Bonchev–Trinajstić information content (AvgIpc) is 3.09. The minimum absolute atomic E-state index is 0.164. The van der Waals surface area contributed by atoms with E-state index in [1.807, 2.05) is 0 Å². The fourth-order valence-electron chi connectivity index (χ4n) is 1.39. The first kappa shape index (κ1) is 15.6. The first-order valence-electron chi connectivity index (χ1n) is 5.98. The van der Waals surface area contributed by atoms with Crippen LogP contribution in [0.4, 0.5) is 0 Å². The maximum Gasteiger partial charge on any atom is 0.327 e. The van der Waals surface area contributed by atoms with E-state index in [2.05, 4.69) is 10.6 Å². The van der Waals surface area contributed by atoms with Gasteiger partial charge in [-0.25, -0.2) is 4.79 Å². The van der Waals surface area contributed by atoms with Crippen LogP contribution in [0.5, 0.6) is 0 Å². The van der Waals surface area contributed by atoms with Gasteiger partial charge in [-0.2, -0.15) is 0 Å². The highest BCUT2D eigenvalue weighted by Gasteiger charge is 2.30. The van der Waals surface area contributed by atoms with Crippen molar-refractivity contribution in [3.63, 3.8) is 0 Å². The molecule has 0 radical (unpaired) electrons. The van der Waals surface area contributed by atoms with Crippen LogP contribution in [-0.2, 0) is 25.2 Å². The number of carboxylic acid groups (broad SMARTS) is 1. The van der Waals surface area contributed by atoms with Gasteiger partial charge in [0.05, 0.1) is 5.75 Å². The lowest BCUT2D eigenvalue weighted by molar-refractivity contribution is -0.140. The molecule has 1 rings (SSSR count). The summed E-state index contributed by atoms with van der Waals surface area (Å²) < 4.78 is 11.9. The Hall–Kier alpha value is -1.44. The molecule has 0 bridgehead atoms. The molecule has 0 aromatic rings. The number of hydrogen-bond acceptors (Lipinski definition) is 4. The number of carbonyl (C=O) groups is 3. The molecule has 1 aliphatic rings. The van der Waals surface area contributed by atoms with E-state index in [4.69, 9.17) is 5.11 Å². The maximum atomic E-state index is 11.9. The van der Waals surface area contributed by atoms with E-state index in [9.17, 15) is 18.6 Å². The first-order chi connectivity index (χ1) is 8.81. The fraction of sp³-hybridized carbons (Fsp3) is 0.727. The Morgan fingerprint density at radius 1 is 1.37 bits per heavy atom. The van der Waals surface area contributed by atoms with Crippen molar-refractivity contribution in [3.8, 4) is 0 Å². The second-order valence-corrected chi connectivity index (χ2v) is 6.37. The van der Waals surface area contributed by atoms with Crippen molar-refractivity contribution in [3.05, 3.63) is 0 Å². The Balaban J connectivity index is 2.51. The van der Waals surface area contributed by atoms with Gasteiger partial charge < -0.3 is 15.7 Å². The molecule has 8 heteroatoms. The van der Waals surface area contributed by atoms with E-state index in [0.29, 0.717) is 0 Å². The van der Waals surface area contributed by atoms with E-state index in [-0.39, 0.29) is 17.7 Å². The van der Waals surface area contributed by atoms with Crippen LogP contribution in [0.2, 0.25) is 0 Å². The normalized spacial score (nSPS) is 19.1. The summed E-state index contributed by atoms with van der Waals surface area (Å²) in [5, 5.41) is 13.0. The first-order valence-corrected chi connectivity index (χ1v) is 7.37. The number of amides is 2. The number of rotatable bonds is 7. The zero-order chi connectivity index (χ0) is 14.6. The summed E-state index contributed by atoms with van der Waals surface area (Å²) in [4.78, 5) is 33.4. The molecule has 0 heterocycles. The Morgan fingerprint density at radius 3 is 2.37 bits per heavy atom. The largest absolute Gasteiger partial charge is 0.480 e. The minimum atomic E-state index is -1.66. The standard InChI is InChI=1S/C11H18N2O5S/c1-6(10(15)13-8-3-4-8)19(18)5-9(11(16)17)12-7(2)14/h6,8-9H,3-5H2,1-2H3,(H,12,14)(H,13,15)(H,16,17)/t6?,9-,19?/m0/s1. The van der Waals surface area contributed by atoms with Crippen molar-refractivity contribution < 1.29 is 23.7 Å². The van der Waals surface area contributed by atoms with Crippen LogP contribution in [0.1, 0.15) is 26.7 Å². The second-order valence-electron chi connectivity index (χ2n) is 4.56. The highest BCUT2D eigenvalue weighted by Crippen LogP contribution is 2.19. The Bertz CT molecular complexity index is 408. The molecule has 2 amide bonds. The molecule has 0 spiro atoms. The van der Waals surface area contributed by atoms with Gasteiger partial charge in [0.2, 0.25) is 11.8 Å². The molecule has 2 unspecified atom stereocenters. The van der Waals surface area contributed by atoms with Gasteiger partial charge in [-0.1, -0.05) is 0 Å². The lowest BCUT2D eigenvalue weighted by Crippen LogP contribution is -2.46. The number of hydrogen-bond donors (Lipinski definition) is 3. The molecule has 1 aliphatic carbocycles. The van der Waals surface area contributed by atoms with Crippen molar-refractivity contribution in [2.24, 2.45) is 0 Å². The molecule has 0 saturated heterocycles. The second kappa shape index (κ2) is 6.65. The van der Waals surface area contributed by atoms with Gasteiger partial charge in [0.25, 0.3) is 0 Å². The summed E-state index contributed by atoms with van der Waals surface area (Å²) in [6, 6.07) is -1.08. The highest BCUT2D eigenvalue weighted by atomic mass is 32.2. The predicted molar refractivity (Wildman–Crippen MR) is 68.9 cm³/mol. The molecular weight excluding hydrogens is 272 g/mol. The number of nitrogens with one attached hydrogen (secondary N) is 2. The molecule has 3 N–H and O–H groups in total. The van der Waals surface area contributed by atoms with Crippen LogP contribution < -0.4 is 10.6 Å². The van der Waals surface area contributed by atoms with E-state index in [0.717, 1.165) is 12.8 Å². The molecule has 0 aromatic heterocycles. The van der Waals surface area contributed by atoms with Crippen LogP contribution in [0.3, 0.4) is 0 Å². The molecule has 1 fully saturated rings. The summed E-state index contributed by atoms with van der Waals surface area (Å²) in [5.74, 6) is -2.40. The SMILES string of the molecule is CC(=O)N[C@@H](CS(=O)C(C)C(=O)NC1CC1)C(=O)O. The minimum Gasteiger partial charge on any atom is -0.480 e. The molecule has 19 heavy (non-hydrogen) atoms. The number of carboxylic acids is 1. The number of carbonyl (C=O) groups excluding carboxylic acids is 2. The van der Waals surface area contributed by atoms with Gasteiger partial charge in [-0.3, -0.25) is 13.8 Å². The third-order valence-electron chi connectivity index (χ3n) is 2.69. The number of aliphatic carboxylic acids is 1. The van der Waals surface area contributed by atoms with Crippen molar-refractivity contribution in [2.45, 2.75) is 44.0 Å². The van der Waals surface area contributed by atoms with Crippen LogP contribution in [0.25, 0.3) is 0 Å². The molecule has 0 aromatic carbocycles. The van der Waals surface area contributed by atoms with Gasteiger partial charge in [0.1, 0.15) is 11.3 Å². The lowest BCUT2D eigenvalue weighted by atomic mass is 10.3. The fourth-order valence-corrected chi connectivity index (χ4v) is 2.54. The van der Waals surface area contributed by atoms with Crippen molar-refractivity contribution in [2.75, 3.05) is 5.75 Å². The topological polar surface area (TPSA) is 113 Å². The van der Waals surface area contributed by atoms with E-state index in [1.165, 1.54) is 13.8 Å². The summed E-state index contributed by atoms with van der Waals surface area (Å²) in [7, 11) is -1.66. The third kappa shape index (κ3) is 5.37. The van der Waals surface area contributed by atoms with Crippen LogP contribution in [0.15, 0.2) is 0 Å². The molecular formula is C11H18N2O5S. The van der Waals surface area contributed by atoms with Gasteiger partial charge in [-0.05, 0) is 19.8 Å².